The predicted octanol–water partition coefficient (Wildman–Crippen LogP) is 4.27. The smallest absolute Gasteiger partial charge is 0.258 e. The molecule has 0 bridgehead atoms. The van der Waals surface area contributed by atoms with Crippen LogP contribution in [0.1, 0.15) is 22.3 Å². The number of thiazole rings is 1. The van der Waals surface area contributed by atoms with E-state index >= 15 is 0 Å². The van der Waals surface area contributed by atoms with Crippen LogP contribution in [0.3, 0.4) is 0 Å². The molecule has 0 aliphatic carbocycles. The highest BCUT2D eigenvalue weighted by Crippen LogP contribution is 2.31. The van der Waals surface area contributed by atoms with E-state index < -0.39 is 0 Å². The Morgan fingerprint density at radius 1 is 1.07 bits per heavy atom. The van der Waals surface area contributed by atoms with Gasteiger partial charge in [0.05, 0.1) is 5.69 Å². The average Bonchev–Trinajstić information content (AvgIpc) is 3.25. The lowest BCUT2D eigenvalue weighted by molar-refractivity contribution is -0.116. The largest absolute Gasteiger partial charge is 0.308 e. The number of fused-ring (bicyclic) bond motifs is 1. The molecule has 6 heteroatoms. The van der Waals surface area contributed by atoms with Crippen LogP contribution in [0.5, 0.6) is 0 Å². The van der Waals surface area contributed by atoms with Gasteiger partial charge in [-0.15, -0.1) is 11.3 Å². The third-order valence-corrected chi connectivity index (χ3v) is 5.18. The van der Waals surface area contributed by atoms with Crippen LogP contribution in [0.4, 0.5) is 5.13 Å². The molecular formula is C21H17N3O2S. The van der Waals surface area contributed by atoms with Gasteiger partial charge in [0.25, 0.3) is 5.91 Å². The van der Waals surface area contributed by atoms with Gasteiger partial charge in [0.2, 0.25) is 5.91 Å². The van der Waals surface area contributed by atoms with Gasteiger partial charge < -0.3 is 10.2 Å². The van der Waals surface area contributed by atoms with E-state index in [0.717, 1.165) is 16.8 Å². The van der Waals surface area contributed by atoms with Gasteiger partial charge in [-0.3, -0.25) is 9.59 Å². The topological polar surface area (TPSA) is 62.3 Å². The number of rotatable bonds is 5. The summed E-state index contributed by atoms with van der Waals surface area (Å²) in [6.07, 6.45) is 0.180. The van der Waals surface area contributed by atoms with Gasteiger partial charge in [0, 0.05) is 40.7 Å². The summed E-state index contributed by atoms with van der Waals surface area (Å²) in [7, 11) is 0. The highest BCUT2D eigenvalue weighted by molar-refractivity contribution is 7.14. The van der Waals surface area contributed by atoms with Gasteiger partial charge in [-0.05, 0) is 6.07 Å². The minimum Gasteiger partial charge on any atom is -0.308 e. The number of carbonyl (C=O) groups excluding carboxylic acids is 2. The molecule has 0 saturated heterocycles. The summed E-state index contributed by atoms with van der Waals surface area (Å²) in [6.45, 7) is 4.28. The molecule has 1 aliphatic rings. The lowest BCUT2D eigenvalue weighted by atomic mass is 10.1. The minimum absolute atomic E-state index is 0.107. The highest BCUT2D eigenvalue weighted by atomic mass is 32.1. The maximum atomic E-state index is 12.5. The first-order valence-electron chi connectivity index (χ1n) is 8.54. The molecule has 0 fully saturated rings. The van der Waals surface area contributed by atoms with E-state index in [2.05, 4.69) is 16.9 Å². The molecule has 5 nitrogen and oxygen atoms in total. The number of hydrogen-bond donors (Lipinski definition) is 1. The molecule has 0 radical (unpaired) electrons. The van der Waals surface area contributed by atoms with Gasteiger partial charge in [-0.25, -0.2) is 4.98 Å². The van der Waals surface area contributed by atoms with Gasteiger partial charge in [0.15, 0.2) is 5.13 Å². The molecule has 2 heterocycles. The number of amides is 2. The molecule has 2 amide bonds. The fourth-order valence-electron chi connectivity index (χ4n) is 3.04. The van der Waals surface area contributed by atoms with Crippen molar-refractivity contribution < 1.29 is 9.59 Å². The Balaban J connectivity index is 1.37. The van der Waals surface area contributed by atoms with E-state index in [4.69, 9.17) is 0 Å². The van der Waals surface area contributed by atoms with Crippen molar-refractivity contribution in [3.05, 3.63) is 77.7 Å². The molecule has 1 aliphatic heterocycles. The Labute approximate surface area is 161 Å². The molecule has 0 atom stereocenters. The van der Waals surface area contributed by atoms with E-state index in [1.165, 1.54) is 11.3 Å². The SMILES string of the molecule is C=C1c2ccccc2C(=O)N1CCC(=O)Nc1nc(-c2ccccc2)cs1. The summed E-state index contributed by atoms with van der Waals surface area (Å²) >= 11 is 1.38. The number of benzene rings is 2. The van der Waals surface area contributed by atoms with Crippen molar-refractivity contribution in [2.75, 3.05) is 11.9 Å². The quantitative estimate of drug-likeness (QED) is 0.725. The van der Waals surface area contributed by atoms with E-state index in [1.807, 2.05) is 53.9 Å². The first kappa shape index (κ1) is 17.2. The molecule has 2 aromatic carbocycles. The Hall–Kier alpha value is -3.25. The first-order chi connectivity index (χ1) is 13.1. The van der Waals surface area contributed by atoms with Crippen LogP contribution < -0.4 is 5.32 Å². The summed E-state index contributed by atoms with van der Waals surface area (Å²) in [5.41, 5.74) is 3.94. The van der Waals surface area contributed by atoms with E-state index in [9.17, 15) is 9.59 Å². The van der Waals surface area contributed by atoms with Crippen molar-refractivity contribution in [2.24, 2.45) is 0 Å². The van der Waals surface area contributed by atoms with Crippen LogP contribution in [0.25, 0.3) is 17.0 Å². The molecule has 0 saturated carbocycles. The zero-order chi connectivity index (χ0) is 18.8. The standard InChI is InChI=1S/C21H17N3O2S/c1-14-16-9-5-6-10-17(16)20(26)24(14)12-11-19(25)23-21-22-18(13-27-21)15-7-3-2-4-8-15/h2-10,13H,1,11-12H2,(H,22,23,25). The van der Waals surface area contributed by atoms with Crippen molar-refractivity contribution in [1.82, 2.24) is 9.88 Å². The van der Waals surface area contributed by atoms with Crippen molar-refractivity contribution in [2.45, 2.75) is 6.42 Å². The molecule has 3 aromatic rings. The Kier molecular flexibility index (Phi) is 4.56. The molecule has 1 aromatic heterocycles. The lowest BCUT2D eigenvalue weighted by Crippen LogP contribution is -2.27. The Morgan fingerprint density at radius 2 is 1.78 bits per heavy atom. The second-order valence-corrected chi connectivity index (χ2v) is 7.01. The summed E-state index contributed by atoms with van der Waals surface area (Å²) in [5.74, 6) is -0.287. The molecular weight excluding hydrogens is 358 g/mol. The fourth-order valence-corrected chi connectivity index (χ4v) is 3.77. The number of anilines is 1. The first-order valence-corrected chi connectivity index (χ1v) is 9.42. The minimum atomic E-state index is -0.180. The van der Waals surface area contributed by atoms with Crippen molar-refractivity contribution in [1.29, 1.82) is 0 Å². The number of aromatic nitrogens is 1. The van der Waals surface area contributed by atoms with Crippen LogP contribution in [-0.4, -0.2) is 28.2 Å². The predicted molar refractivity (Wildman–Crippen MR) is 107 cm³/mol. The molecule has 134 valence electrons. The third kappa shape index (κ3) is 3.39. The number of hydrogen-bond acceptors (Lipinski definition) is 4. The van der Waals surface area contributed by atoms with Crippen LogP contribution in [0.15, 0.2) is 66.6 Å². The summed E-state index contributed by atoms with van der Waals surface area (Å²) in [4.78, 5) is 30.8. The zero-order valence-electron chi connectivity index (χ0n) is 14.5. The highest BCUT2D eigenvalue weighted by Gasteiger charge is 2.30. The molecule has 27 heavy (non-hydrogen) atoms. The van der Waals surface area contributed by atoms with E-state index in [-0.39, 0.29) is 24.8 Å². The maximum absolute atomic E-state index is 12.5. The zero-order valence-corrected chi connectivity index (χ0v) is 15.3. The molecule has 0 spiro atoms. The Morgan fingerprint density at radius 3 is 2.52 bits per heavy atom. The van der Waals surface area contributed by atoms with E-state index in [1.54, 1.807) is 11.0 Å². The van der Waals surface area contributed by atoms with Gasteiger partial charge >= 0.3 is 0 Å². The Bertz CT molecular complexity index is 992. The average molecular weight is 375 g/mol. The van der Waals surface area contributed by atoms with Crippen molar-refractivity contribution in [3.8, 4) is 11.3 Å². The molecule has 0 unspecified atom stereocenters. The van der Waals surface area contributed by atoms with Gasteiger partial charge in [-0.1, -0.05) is 55.1 Å². The van der Waals surface area contributed by atoms with Crippen molar-refractivity contribution in [3.63, 3.8) is 0 Å². The third-order valence-electron chi connectivity index (χ3n) is 4.42. The second kappa shape index (κ2) is 7.17. The van der Waals surface area contributed by atoms with Crippen LogP contribution in [-0.2, 0) is 4.79 Å². The normalized spacial score (nSPS) is 13.0. The summed E-state index contributed by atoms with van der Waals surface area (Å²) in [6, 6.07) is 17.2. The monoisotopic (exact) mass is 375 g/mol. The van der Waals surface area contributed by atoms with Gasteiger partial charge in [0.1, 0.15) is 0 Å². The van der Waals surface area contributed by atoms with Gasteiger partial charge in [-0.2, -0.15) is 0 Å². The number of nitrogens with one attached hydrogen (secondary N) is 1. The number of nitrogens with zero attached hydrogens (tertiary/aromatic N) is 2. The van der Waals surface area contributed by atoms with E-state index in [0.29, 0.717) is 16.4 Å². The van der Waals surface area contributed by atoms with Crippen LogP contribution in [0.2, 0.25) is 0 Å². The lowest BCUT2D eigenvalue weighted by Gasteiger charge is -2.16. The molecule has 1 N–H and O–H groups in total. The maximum Gasteiger partial charge on any atom is 0.258 e. The fraction of sp³-hybridized carbons (Fsp3) is 0.0952. The summed E-state index contributed by atoms with van der Waals surface area (Å²) < 4.78 is 0. The van der Waals surface area contributed by atoms with Crippen LogP contribution >= 0.6 is 11.3 Å². The van der Waals surface area contributed by atoms with Crippen molar-refractivity contribution >= 4 is 34.0 Å². The second-order valence-electron chi connectivity index (χ2n) is 6.15. The number of carbonyl (C=O) groups is 2. The summed E-state index contributed by atoms with van der Waals surface area (Å²) in [5, 5.41) is 5.27. The van der Waals surface area contributed by atoms with Crippen LogP contribution in [0, 0.1) is 0 Å². The molecule has 4 rings (SSSR count).